The van der Waals surface area contributed by atoms with E-state index in [0.29, 0.717) is 12.1 Å². The molecule has 0 aromatic rings. The Hall–Kier alpha value is -0.120. The summed E-state index contributed by atoms with van der Waals surface area (Å²) in [5, 5.41) is 3.61. The number of ether oxygens (including phenoxy) is 2. The number of nitrogens with one attached hydrogen (secondary N) is 1. The molecule has 1 heterocycles. The monoisotopic (exact) mass is 283 g/mol. The van der Waals surface area contributed by atoms with E-state index in [1.165, 1.54) is 25.7 Å². The molecule has 1 N–H and O–H groups in total. The molecule has 1 unspecified atom stereocenters. The highest BCUT2D eigenvalue weighted by Gasteiger charge is 2.39. The van der Waals surface area contributed by atoms with Crippen molar-refractivity contribution in [2.75, 3.05) is 19.8 Å². The van der Waals surface area contributed by atoms with Crippen molar-refractivity contribution < 1.29 is 9.47 Å². The van der Waals surface area contributed by atoms with E-state index >= 15 is 0 Å². The fourth-order valence-corrected chi connectivity index (χ4v) is 3.52. The van der Waals surface area contributed by atoms with Crippen LogP contribution in [0.3, 0.4) is 0 Å². The highest BCUT2D eigenvalue weighted by molar-refractivity contribution is 4.91. The second kappa shape index (κ2) is 7.24. The first kappa shape index (κ1) is 16.3. The van der Waals surface area contributed by atoms with Crippen LogP contribution in [0.5, 0.6) is 0 Å². The highest BCUT2D eigenvalue weighted by atomic mass is 16.6. The summed E-state index contributed by atoms with van der Waals surface area (Å²) in [5.74, 6) is 1.69. The fourth-order valence-electron chi connectivity index (χ4n) is 3.52. The zero-order valence-electron chi connectivity index (χ0n) is 13.8. The molecule has 1 aliphatic heterocycles. The lowest BCUT2D eigenvalue weighted by Gasteiger charge is -2.43. The van der Waals surface area contributed by atoms with Crippen LogP contribution in [-0.2, 0) is 9.47 Å². The molecule has 118 valence electrons. The standard InChI is InChI=1S/C17H33NO2/c1-13(2)15-5-8-17(9-6-15,12-18-14(3)4)20-16-7-10-19-11-16/h13-16,18H,5-12H2,1-4H3. The third kappa shape index (κ3) is 4.44. The van der Waals surface area contributed by atoms with Crippen LogP contribution in [0, 0.1) is 11.8 Å². The van der Waals surface area contributed by atoms with Gasteiger partial charge < -0.3 is 14.8 Å². The summed E-state index contributed by atoms with van der Waals surface area (Å²) in [6.07, 6.45) is 6.41. The van der Waals surface area contributed by atoms with Crippen molar-refractivity contribution in [1.82, 2.24) is 5.32 Å². The van der Waals surface area contributed by atoms with E-state index in [4.69, 9.17) is 9.47 Å². The Morgan fingerprint density at radius 3 is 2.35 bits per heavy atom. The molecule has 0 bridgehead atoms. The van der Waals surface area contributed by atoms with Gasteiger partial charge in [-0.05, 0) is 43.9 Å². The van der Waals surface area contributed by atoms with Crippen molar-refractivity contribution in [2.45, 2.75) is 77.5 Å². The first-order chi connectivity index (χ1) is 9.51. The second-order valence-corrected chi connectivity index (χ2v) is 7.40. The van der Waals surface area contributed by atoms with Gasteiger partial charge in [-0.2, -0.15) is 0 Å². The highest BCUT2D eigenvalue weighted by Crippen LogP contribution is 2.39. The van der Waals surface area contributed by atoms with Gasteiger partial charge >= 0.3 is 0 Å². The lowest BCUT2D eigenvalue weighted by Crippen LogP contribution is -2.49. The molecular formula is C17H33NO2. The Balaban J connectivity index is 1.93. The van der Waals surface area contributed by atoms with Crippen LogP contribution in [0.25, 0.3) is 0 Å². The molecule has 2 fully saturated rings. The van der Waals surface area contributed by atoms with Gasteiger partial charge in [0.25, 0.3) is 0 Å². The average molecular weight is 283 g/mol. The fraction of sp³-hybridized carbons (Fsp3) is 1.00. The van der Waals surface area contributed by atoms with Crippen LogP contribution < -0.4 is 5.32 Å². The minimum Gasteiger partial charge on any atom is -0.379 e. The van der Waals surface area contributed by atoms with Crippen molar-refractivity contribution in [3.63, 3.8) is 0 Å². The van der Waals surface area contributed by atoms with E-state index in [1.807, 2.05) is 0 Å². The van der Waals surface area contributed by atoms with E-state index in [1.54, 1.807) is 0 Å². The van der Waals surface area contributed by atoms with Gasteiger partial charge in [-0.15, -0.1) is 0 Å². The molecular weight excluding hydrogens is 250 g/mol. The summed E-state index contributed by atoms with van der Waals surface area (Å²) in [6, 6.07) is 0.526. The number of rotatable bonds is 6. The van der Waals surface area contributed by atoms with Crippen LogP contribution in [0.4, 0.5) is 0 Å². The van der Waals surface area contributed by atoms with Crippen LogP contribution in [0.1, 0.15) is 59.8 Å². The van der Waals surface area contributed by atoms with Gasteiger partial charge in [0.2, 0.25) is 0 Å². The van der Waals surface area contributed by atoms with Crippen LogP contribution in [0.15, 0.2) is 0 Å². The molecule has 20 heavy (non-hydrogen) atoms. The van der Waals surface area contributed by atoms with E-state index in [0.717, 1.165) is 38.0 Å². The van der Waals surface area contributed by atoms with Crippen LogP contribution in [0.2, 0.25) is 0 Å². The van der Waals surface area contributed by atoms with E-state index in [2.05, 4.69) is 33.0 Å². The Labute approximate surface area is 124 Å². The van der Waals surface area contributed by atoms with Crippen molar-refractivity contribution in [2.24, 2.45) is 11.8 Å². The number of hydrogen-bond acceptors (Lipinski definition) is 3. The lowest BCUT2D eigenvalue weighted by atomic mass is 9.74. The van der Waals surface area contributed by atoms with Crippen molar-refractivity contribution in [3.8, 4) is 0 Å². The molecule has 3 nitrogen and oxygen atoms in total. The minimum atomic E-state index is 0.0496. The van der Waals surface area contributed by atoms with Crippen molar-refractivity contribution in [3.05, 3.63) is 0 Å². The van der Waals surface area contributed by atoms with Crippen LogP contribution >= 0.6 is 0 Å². The molecule has 0 radical (unpaired) electrons. The first-order valence-electron chi connectivity index (χ1n) is 8.50. The van der Waals surface area contributed by atoms with E-state index < -0.39 is 0 Å². The topological polar surface area (TPSA) is 30.5 Å². The maximum atomic E-state index is 6.53. The molecule has 2 rings (SSSR count). The zero-order valence-corrected chi connectivity index (χ0v) is 13.8. The van der Waals surface area contributed by atoms with Crippen LogP contribution in [-0.4, -0.2) is 37.5 Å². The molecule has 1 atom stereocenters. The summed E-state index contributed by atoms with van der Waals surface area (Å²) in [4.78, 5) is 0. The summed E-state index contributed by atoms with van der Waals surface area (Å²) >= 11 is 0. The molecule has 0 aromatic heterocycles. The Morgan fingerprint density at radius 1 is 1.15 bits per heavy atom. The molecule has 0 amide bonds. The zero-order chi connectivity index (χ0) is 14.6. The first-order valence-corrected chi connectivity index (χ1v) is 8.50. The molecule has 0 spiro atoms. The summed E-state index contributed by atoms with van der Waals surface area (Å²) in [5.41, 5.74) is 0.0496. The van der Waals surface area contributed by atoms with Gasteiger partial charge in [0.05, 0.1) is 18.3 Å². The Bertz CT molecular complexity index is 277. The third-order valence-electron chi connectivity index (χ3n) is 5.02. The quantitative estimate of drug-likeness (QED) is 0.810. The van der Waals surface area contributed by atoms with Crippen molar-refractivity contribution in [1.29, 1.82) is 0 Å². The van der Waals surface area contributed by atoms with Crippen molar-refractivity contribution >= 4 is 0 Å². The van der Waals surface area contributed by atoms with Gasteiger partial charge in [-0.3, -0.25) is 0 Å². The lowest BCUT2D eigenvalue weighted by molar-refractivity contribution is -0.120. The summed E-state index contributed by atoms with van der Waals surface area (Å²) in [7, 11) is 0. The normalized spacial score (nSPS) is 35.1. The van der Waals surface area contributed by atoms with E-state index in [9.17, 15) is 0 Å². The molecule has 1 saturated heterocycles. The third-order valence-corrected chi connectivity index (χ3v) is 5.02. The number of hydrogen-bond donors (Lipinski definition) is 1. The predicted molar refractivity (Wildman–Crippen MR) is 83.0 cm³/mol. The molecule has 3 heteroatoms. The smallest absolute Gasteiger partial charge is 0.0838 e. The second-order valence-electron chi connectivity index (χ2n) is 7.40. The van der Waals surface area contributed by atoms with Gasteiger partial charge in [-0.1, -0.05) is 27.7 Å². The molecule has 2 aliphatic rings. The maximum absolute atomic E-state index is 6.53. The van der Waals surface area contributed by atoms with Gasteiger partial charge in [0.1, 0.15) is 0 Å². The largest absolute Gasteiger partial charge is 0.379 e. The minimum absolute atomic E-state index is 0.0496. The SMILES string of the molecule is CC(C)NCC1(OC2CCOC2)CCC(C(C)C)CC1. The Kier molecular flexibility index (Phi) is 5.88. The molecule has 1 saturated carbocycles. The summed E-state index contributed by atoms with van der Waals surface area (Å²) in [6.45, 7) is 11.8. The summed E-state index contributed by atoms with van der Waals surface area (Å²) < 4.78 is 12.0. The van der Waals surface area contributed by atoms with Gasteiger partial charge in [0, 0.05) is 19.2 Å². The predicted octanol–water partition coefficient (Wildman–Crippen LogP) is 3.37. The van der Waals surface area contributed by atoms with Gasteiger partial charge in [0.15, 0.2) is 0 Å². The Morgan fingerprint density at radius 2 is 1.85 bits per heavy atom. The van der Waals surface area contributed by atoms with Gasteiger partial charge in [-0.25, -0.2) is 0 Å². The van der Waals surface area contributed by atoms with E-state index in [-0.39, 0.29) is 5.60 Å². The molecule has 1 aliphatic carbocycles. The maximum Gasteiger partial charge on any atom is 0.0838 e. The molecule has 0 aromatic carbocycles. The average Bonchev–Trinajstić information content (AvgIpc) is 2.90.